The van der Waals surface area contributed by atoms with E-state index in [1.165, 1.54) is 7.05 Å². The Hall–Kier alpha value is -2.44. The van der Waals surface area contributed by atoms with E-state index in [1.807, 2.05) is 19.1 Å². The fourth-order valence-corrected chi connectivity index (χ4v) is 3.42. The average molecular weight is 350 g/mol. The van der Waals surface area contributed by atoms with E-state index in [0.29, 0.717) is 12.3 Å². The molecule has 1 aromatic carbocycles. The van der Waals surface area contributed by atoms with Crippen LogP contribution in [0, 0.1) is 0 Å². The molecule has 25 heavy (non-hydrogen) atoms. The third kappa shape index (κ3) is 3.10. The Balaban J connectivity index is 2.06. The van der Waals surface area contributed by atoms with Crippen molar-refractivity contribution in [1.29, 1.82) is 0 Å². The summed E-state index contributed by atoms with van der Waals surface area (Å²) in [5, 5.41) is 3.51. The quantitative estimate of drug-likeness (QED) is 0.841. The third-order valence-corrected chi connectivity index (χ3v) is 4.69. The molecule has 0 fully saturated rings. The number of aromatic nitrogens is 1. The van der Waals surface area contributed by atoms with Crippen molar-refractivity contribution in [2.45, 2.75) is 38.5 Å². The van der Waals surface area contributed by atoms with Gasteiger partial charge >= 0.3 is 0 Å². The molecule has 2 aromatic rings. The van der Waals surface area contributed by atoms with Crippen molar-refractivity contribution in [3.63, 3.8) is 0 Å². The van der Waals surface area contributed by atoms with Crippen LogP contribution in [0.2, 0.25) is 0 Å². The zero-order chi connectivity index (χ0) is 18.1. The average Bonchev–Trinajstić information content (AvgIpc) is 3.21. The van der Waals surface area contributed by atoms with Crippen LogP contribution in [-0.2, 0) is 11.2 Å². The number of nitrogens with one attached hydrogen (secondary N) is 2. The molecule has 1 atom stereocenters. The molecule has 1 aromatic heterocycles. The van der Waals surface area contributed by atoms with E-state index in [1.54, 1.807) is 0 Å². The number of hydrogen-bond donors (Lipinski definition) is 2. The minimum absolute atomic E-state index is 0.218. The van der Waals surface area contributed by atoms with Gasteiger partial charge in [0.2, 0.25) is 0 Å². The van der Waals surface area contributed by atoms with Gasteiger partial charge in [-0.05, 0) is 30.0 Å². The third-order valence-electron chi connectivity index (χ3n) is 4.69. The number of benzene rings is 1. The van der Waals surface area contributed by atoms with Gasteiger partial charge in [-0.2, -0.15) is 0 Å². The number of carbonyl (C=O) groups is 2. The SMILES string of the molecule is CNC(=O)c1[nH]c2ccc3c(c2c1[C@@H](C)CCC(=O)C(F)F)CCO3. The highest BCUT2D eigenvalue weighted by Gasteiger charge is 2.27. The number of fused-ring (bicyclic) bond motifs is 3. The maximum atomic E-state index is 12.5. The smallest absolute Gasteiger partial charge is 0.295 e. The normalized spacial score (nSPS) is 14.4. The van der Waals surface area contributed by atoms with Crippen LogP contribution in [0.25, 0.3) is 10.9 Å². The minimum atomic E-state index is -2.95. The standard InChI is InChI=1S/C18H20F2N2O3/c1-9(3-5-12(23)17(19)20)14-15-10-7-8-25-13(10)6-4-11(15)22-16(14)18(24)21-2/h4,6,9,17,22H,3,5,7-8H2,1-2H3,(H,21,24)/t9-/m0/s1. The van der Waals surface area contributed by atoms with Crippen LogP contribution >= 0.6 is 0 Å². The first-order valence-electron chi connectivity index (χ1n) is 8.27. The fraction of sp³-hybridized carbons (Fsp3) is 0.444. The zero-order valence-electron chi connectivity index (χ0n) is 14.1. The molecule has 7 heteroatoms. The summed E-state index contributed by atoms with van der Waals surface area (Å²) in [6, 6.07) is 3.72. The summed E-state index contributed by atoms with van der Waals surface area (Å²) >= 11 is 0. The molecule has 0 saturated carbocycles. The number of Topliss-reactive ketones (excluding diaryl/α,β-unsaturated/α-hetero) is 1. The van der Waals surface area contributed by atoms with Crippen LogP contribution in [0.1, 0.15) is 47.3 Å². The topological polar surface area (TPSA) is 71.2 Å². The number of ketones is 1. The molecule has 1 aliphatic rings. The number of H-pyrrole nitrogens is 1. The Labute approximate surface area is 143 Å². The molecule has 0 unspecified atom stereocenters. The first-order chi connectivity index (χ1) is 11.9. The van der Waals surface area contributed by atoms with Gasteiger partial charge in [0, 0.05) is 36.4 Å². The molecule has 3 rings (SSSR count). The fourth-order valence-electron chi connectivity index (χ4n) is 3.42. The van der Waals surface area contributed by atoms with Crippen LogP contribution in [-0.4, -0.2) is 36.8 Å². The highest BCUT2D eigenvalue weighted by molar-refractivity contribution is 6.03. The van der Waals surface area contributed by atoms with E-state index in [-0.39, 0.29) is 24.7 Å². The number of aromatic amines is 1. The molecular weight excluding hydrogens is 330 g/mol. The van der Waals surface area contributed by atoms with E-state index in [4.69, 9.17) is 4.74 Å². The Kier molecular flexibility index (Phi) is 4.74. The zero-order valence-corrected chi connectivity index (χ0v) is 14.1. The highest BCUT2D eigenvalue weighted by atomic mass is 19.3. The van der Waals surface area contributed by atoms with Crippen molar-refractivity contribution >= 4 is 22.6 Å². The molecule has 2 heterocycles. The second kappa shape index (κ2) is 6.82. The van der Waals surface area contributed by atoms with Gasteiger partial charge in [-0.3, -0.25) is 9.59 Å². The van der Waals surface area contributed by atoms with E-state index in [0.717, 1.165) is 34.2 Å². The Morgan fingerprint density at radius 1 is 1.36 bits per heavy atom. The van der Waals surface area contributed by atoms with Crippen molar-refractivity contribution in [3.8, 4) is 5.75 Å². The molecule has 0 saturated heterocycles. The van der Waals surface area contributed by atoms with Crippen molar-refractivity contribution in [2.75, 3.05) is 13.7 Å². The predicted octanol–water partition coefficient (Wildman–Crippen LogP) is 3.18. The van der Waals surface area contributed by atoms with Gasteiger partial charge < -0.3 is 15.0 Å². The molecule has 5 nitrogen and oxygen atoms in total. The van der Waals surface area contributed by atoms with Crippen LogP contribution in [0.4, 0.5) is 8.78 Å². The van der Waals surface area contributed by atoms with Crippen molar-refractivity contribution in [1.82, 2.24) is 10.3 Å². The van der Waals surface area contributed by atoms with E-state index in [9.17, 15) is 18.4 Å². The van der Waals surface area contributed by atoms with Crippen molar-refractivity contribution in [2.24, 2.45) is 0 Å². The van der Waals surface area contributed by atoms with E-state index in [2.05, 4.69) is 10.3 Å². The molecule has 0 bridgehead atoms. The summed E-state index contributed by atoms with van der Waals surface area (Å²) in [6.07, 6.45) is -2.19. The Morgan fingerprint density at radius 2 is 2.12 bits per heavy atom. The summed E-state index contributed by atoms with van der Waals surface area (Å²) in [4.78, 5) is 26.7. The molecular formula is C18H20F2N2O3. The Bertz CT molecular complexity index is 829. The molecule has 134 valence electrons. The molecule has 1 amide bonds. The number of hydrogen-bond acceptors (Lipinski definition) is 3. The molecule has 1 aliphatic heterocycles. The van der Waals surface area contributed by atoms with Gasteiger partial charge in [0.1, 0.15) is 11.4 Å². The first-order valence-corrected chi connectivity index (χ1v) is 8.27. The summed E-state index contributed by atoms with van der Waals surface area (Å²) in [5.74, 6) is -0.782. The first kappa shape index (κ1) is 17.4. The molecule has 0 spiro atoms. The largest absolute Gasteiger partial charge is 0.493 e. The van der Waals surface area contributed by atoms with Crippen LogP contribution < -0.4 is 10.1 Å². The van der Waals surface area contributed by atoms with Gasteiger partial charge in [-0.1, -0.05) is 6.92 Å². The van der Waals surface area contributed by atoms with Gasteiger partial charge in [0.15, 0.2) is 5.78 Å². The van der Waals surface area contributed by atoms with Crippen molar-refractivity contribution in [3.05, 3.63) is 29.0 Å². The lowest BCUT2D eigenvalue weighted by Gasteiger charge is -2.14. The molecule has 2 N–H and O–H groups in total. The number of ether oxygens (including phenoxy) is 1. The second-order valence-corrected chi connectivity index (χ2v) is 6.26. The second-order valence-electron chi connectivity index (χ2n) is 6.26. The summed E-state index contributed by atoms with van der Waals surface area (Å²) in [5.41, 5.74) is 3.00. The van der Waals surface area contributed by atoms with E-state index < -0.39 is 12.2 Å². The maximum absolute atomic E-state index is 12.5. The summed E-state index contributed by atoms with van der Waals surface area (Å²) in [6.45, 7) is 2.43. The van der Waals surface area contributed by atoms with Crippen LogP contribution in [0.15, 0.2) is 12.1 Å². The van der Waals surface area contributed by atoms with Crippen LogP contribution in [0.5, 0.6) is 5.75 Å². The Morgan fingerprint density at radius 3 is 2.80 bits per heavy atom. The highest BCUT2D eigenvalue weighted by Crippen LogP contribution is 2.40. The van der Waals surface area contributed by atoms with Gasteiger partial charge in [0.25, 0.3) is 12.3 Å². The lowest BCUT2D eigenvalue weighted by Crippen LogP contribution is -2.20. The maximum Gasteiger partial charge on any atom is 0.295 e. The minimum Gasteiger partial charge on any atom is -0.493 e. The van der Waals surface area contributed by atoms with Crippen LogP contribution in [0.3, 0.4) is 0 Å². The number of halogens is 2. The van der Waals surface area contributed by atoms with Gasteiger partial charge in [-0.25, -0.2) is 8.78 Å². The summed E-state index contributed by atoms with van der Waals surface area (Å²) < 4.78 is 30.6. The molecule has 0 radical (unpaired) electrons. The number of carbonyl (C=O) groups excluding carboxylic acids is 2. The number of alkyl halides is 2. The summed E-state index contributed by atoms with van der Waals surface area (Å²) in [7, 11) is 1.54. The van der Waals surface area contributed by atoms with Crippen molar-refractivity contribution < 1.29 is 23.1 Å². The van der Waals surface area contributed by atoms with E-state index >= 15 is 0 Å². The van der Waals surface area contributed by atoms with Gasteiger partial charge in [-0.15, -0.1) is 0 Å². The lowest BCUT2D eigenvalue weighted by molar-refractivity contribution is -0.129. The predicted molar refractivity (Wildman–Crippen MR) is 89.5 cm³/mol. The monoisotopic (exact) mass is 350 g/mol. The molecule has 0 aliphatic carbocycles. The lowest BCUT2D eigenvalue weighted by atomic mass is 9.90. The number of rotatable bonds is 6. The van der Waals surface area contributed by atoms with Gasteiger partial charge in [0.05, 0.1) is 6.61 Å². The number of amides is 1.